The van der Waals surface area contributed by atoms with Gasteiger partial charge in [-0.3, -0.25) is 23.5 Å². The second-order valence-corrected chi connectivity index (χ2v) is 30.9. The van der Waals surface area contributed by atoms with Crippen molar-refractivity contribution in [2.24, 2.45) is 10.2 Å². The van der Waals surface area contributed by atoms with E-state index >= 15 is 0 Å². The molecule has 0 atom stereocenters. The Hall–Kier alpha value is -7.91. The van der Waals surface area contributed by atoms with Crippen molar-refractivity contribution in [2.75, 3.05) is 318 Å². The molecule has 130 heavy (non-hydrogen) atoms. The fourth-order valence-corrected chi connectivity index (χ4v) is 12.3. The maximum Gasteiger partial charge on any atom is 0.329 e. The molecule has 0 saturated carbocycles. The summed E-state index contributed by atoms with van der Waals surface area (Å²) in [5.74, 6) is 0.0188. The summed E-state index contributed by atoms with van der Waals surface area (Å²) in [5.41, 5.74) is 17.8. The number of carbonyl (C=O) groups is 3. The van der Waals surface area contributed by atoms with Crippen molar-refractivity contribution in [3.05, 3.63) is 109 Å². The molecular weight excluding hydrogens is 1760 g/mol. The largest absolute Gasteiger partial charge is 0.493 e. The Morgan fingerprint density at radius 1 is 0.315 bits per heavy atom. The van der Waals surface area contributed by atoms with Gasteiger partial charge in [0, 0.05) is 85.9 Å². The van der Waals surface area contributed by atoms with E-state index in [1.54, 1.807) is 38.5 Å². The number of azide groups is 2. The number of hydrogen-bond acceptors (Lipinski definition) is 34. The molecule has 0 saturated heterocycles. The van der Waals surface area contributed by atoms with Gasteiger partial charge >= 0.3 is 15.2 Å². The molecule has 43 nitrogen and oxygen atoms in total. The summed E-state index contributed by atoms with van der Waals surface area (Å²) in [6.07, 6.45) is 0.445. The van der Waals surface area contributed by atoms with E-state index in [9.17, 15) is 43.1 Å². The first-order valence-electron chi connectivity index (χ1n) is 43.4. The lowest BCUT2D eigenvalue weighted by Crippen LogP contribution is -2.28. The van der Waals surface area contributed by atoms with Gasteiger partial charge in [-0.1, -0.05) is 30.1 Å². The SMILES string of the molecule is CCCOCCOCCOCCOc1cc(C(=O)CCCOc2cc(OCCCC(=O)c3cc(OCCOCCOCCOCCC)c(OCCOCCOCCN=[N+]=[N-])c(OCCOCCOCCOCCOC)c3)cc(C(=O)NCCOc3cc(CP(=O)(O)O)cc(CP(=O)(O)O)c3)c2)cc(OCCOCCOCCOCCOC)c1OCCOCCOCCN=[N+]=[N-]. The second-order valence-electron chi connectivity index (χ2n) is 27.6. The molecular formula is C85H135N7O36P2. The Bertz CT molecular complexity index is 3620. The predicted molar refractivity (Wildman–Crippen MR) is 472 cm³/mol. The molecule has 0 unspecified atom stereocenters. The van der Waals surface area contributed by atoms with Gasteiger partial charge in [0.2, 0.25) is 11.5 Å². The molecule has 4 rings (SSSR count). The summed E-state index contributed by atoms with van der Waals surface area (Å²) < 4.78 is 180. The molecule has 0 fully saturated rings. The number of hydrogen-bond donors (Lipinski definition) is 5. The average Bonchev–Trinajstić information content (AvgIpc) is 0.833. The maximum absolute atomic E-state index is 14.5. The van der Waals surface area contributed by atoms with Crippen molar-refractivity contribution in [1.29, 1.82) is 0 Å². The molecule has 0 spiro atoms. The summed E-state index contributed by atoms with van der Waals surface area (Å²) in [7, 11) is -6.07. The van der Waals surface area contributed by atoms with Crippen LogP contribution in [0.15, 0.2) is 70.9 Å². The molecule has 4 aromatic carbocycles. The number of rotatable bonds is 91. The first-order valence-corrected chi connectivity index (χ1v) is 47.0. The molecule has 5 N–H and O–H groups in total. The van der Waals surface area contributed by atoms with Crippen molar-refractivity contribution < 1.29 is 171 Å². The van der Waals surface area contributed by atoms with E-state index in [1.165, 1.54) is 36.4 Å². The minimum absolute atomic E-state index is 0.0184. The number of amides is 1. The van der Waals surface area contributed by atoms with E-state index in [0.717, 1.165) is 12.8 Å². The van der Waals surface area contributed by atoms with Gasteiger partial charge in [0.15, 0.2) is 34.6 Å². The fraction of sp³-hybridized carbons (Fsp3) is 0.682. The van der Waals surface area contributed by atoms with E-state index in [-0.39, 0.29) is 302 Å². The minimum atomic E-state index is -4.63. The molecule has 736 valence electrons. The number of benzene rings is 4. The van der Waals surface area contributed by atoms with Crippen LogP contribution >= 0.6 is 15.2 Å². The maximum atomic E-state index is 14.5. The van der Waals surface area contributed by atoms with E-state index in [2.05, 4.69) is 25.4 Å². The number of methoxy groups -OCH3 is 2. The zero-order valence-electron chi connectivity index (χ0n) is 75.4. The van der Waals surface area contributed by atoms with E-state index in [1.807, 2.05) is 13.8 Å². The van der Waals surface area contributed by atoms with Crippen molar-refractivity contribution in [1.82, 2.24) is 5.32 Å². The van der Waals surface area contributed by atoms with Crippen LogP contribution in [0.2, 0.25) is 0 Å². The van der Waals surface area contributed by atoms with Crippen molar-refractivity contribution in [2.45, 2.75) is 64.7 Å². The summed E-state index contributed by atoms with van der Waals surface area (Å²) in [6, 6.07) is 14.5. The third kappa shape index (κ3) is 59.6. The number of ketones is 2. The van der Waals surface area contributed by atoms with Crippen LogP contribution in [0.5, 0.6) is 51.7 Å². The Kier molecular flexibility index (Phi) is 67.3. The number of nitrogens with zero attached hydrogens (tertiary/aromatic N) is 6. The van der Waals surface area contributed by atoms with Gasteiger partial charge in [0.1, 0.15) is 63.5 Å². The van der Waals surface area contributed by atoms with Crippen LogP contribution in [0.3, 0.4) is 0 Å². The fourth-order valence-electron chi connectivity index (χ4n) is 11.0. The number of Topliss-reactive ketones (excluding diaryl/α,β-unsaturated/α-hetero) is 2. The van der Waals surface area contributed by atoms with Gasteiger partial charge in [-0.25, -0.2) is 0 Å². The zero-order valence-corrected chi connectivity index (χ0v) is 77.2. The highest BCUT2D eigenvalue weighted by molar-refractivity contribution is 7.51. The smallest absolute Gasteiger partial charge is 0.329 e. The molecule has 0 bridgehead atoms. The molecule has 0 aliphatic heterocycles. The molecule has 0 radical (unpaired) electrons. The Labute approximate surface area is 759 Å². The van der Waals surface area contributed by atoms with Gasteiger partial charge in [-0.05, 0) is 96.4 Å². The number of ether oxygens (including phenoxy) is 27. The van der Waals surface area contributed by atoms with Gasteiger partial charge < -0.3 is 153 Å². The predicted octanol–water partition coefficient (Wildman–Crippen LogP) is 9.21. The van der Waals surface area contributed by atoms with Crippen LogP contribution in [0.1, 0.15) is 94.6 Å². The normalized spacial score (nSPS) is 11.4. The first kappa shape index (κ1) is 114. The zero-order chi connectivity index (χ0) is 93.7. The highest BCUT2D eigenvalue weighted by Gasteiger charge is 2.24. The van der Waals surface area contributed by atoms with E-state index in [0.29, 0.717) is 119 Å². The minimum Gasteiger partial charge on any atom is -0.493 e. The summed E-state index contributed by atoms with van der Waals surface area (Å²) in [4.78, 5) is 87.6. The van der Waals surface area contributed by atoms with Gasteiger partial charge in [0.25, 0.3) is 5.91 Å². The Morgan fingerprint density at radius 3 is 0.877 bits per heavy atom. The number of carbonyl (C=O) groups excluding carboxylic acids is 3. The lowest BCUT2D eigenvalue weighted by Gasteiger charge is -2.19. The average molecular weight is 1890 g/mol. The highest BCUT2D eigenvalue weighted by Crippen LogP contribution is 2.44. The Balaban J connectivity index is 1.64. The van der Waals surface area contributed by atoms with Crippen LogP contribution in [0.25, 0.3) is 20.9 Å². The molecule has 0 heterocycles. The van der Waals surface area contributed by atoms with Crippen molar-refractivity contribution >= 4 is 32.7 Å². The van der Waals surface area contributed by atoms with E-state index in [4.69, 9.17) is 139 Å². The highest BCUT2D eigenvalue weighted by atomic mass is 31.2. The summed E-state index contributed by atoms with van der Waals surface area (Å²) in [5, 5.41) is 9.69. The lowest BCUT2D eigenvalue weighted by molar-refractivity contribution is -0.0000431. The quantitative estimate of drug-likeness (QED) is 0.00686. The third-order valence-corrected chi connectivity index (χ3v) is 18.4. The van der Waals surface area contributed by atoms with Crippen LogP contribution in [0, 0.1) is 0 Å². The Morgan fingerprint density at radius 2 is 0.585 bits per heavy atom. The molecule has 1 amide bonds. The summed E-state index contributed by atoms with van der Waals surface area (Å²) >= 11 is 0. The van der Waals surface area contributed by atoms with E-state index < -0.39 is 33.4 Å². The first-order chi connectivity index (χ1) is 63.4. The molecule has 0 aliphatic carbocycles. The van der Waals surface area contributed by atoms with Gasteiger partial charge in [-0.15, -0.1) is 0 Å². The summed E-state index contributed by atoms with van der Waals surface area (Å²) in [6.45, 7) is 14.6. The monoisotopic (exact) mass is 1890 g/mol. The molecule has 0 aliphatic rings. The van der Waals surface area contributed by atoms with Crippen LogP contribution < -0.4 is 47.9 Å². The lowest BCUT2D eigenvalue weighted by atomic mass is 10.1. The van der Waals surface area contributed by atoms with Crippen LogP contribution in [-0.4, -0.2) is 355 Å². The van der Waals surface area contributed by atoms with Crippen molar-refractivity contribution in [3.63, 3.8) is 0 Å². The molecule has 4 aromatic rings. The van der Waals surface area contributed by atoms with Gasteiger partial charge in [-0.2, -0.15) is 0 Å². The van der Waals surface area contributed by atoms with Gasteiger partial charge in [0.05, 0.1) is 244 Å². The van der Waals surface area contributed by atoms with Crippen LogP contribution in [-0.2, 0) is 107 Å². The third-order valence-electron chi connectivity index (χ3n) is 16.9. The number of nitrogens with one attached hydrogen (secondary N) is 1. The molecule has 45 heteroatoms. The van der Waals surface area contributed by atoms with Crippen molar-refractivity contribution in [3.8, 4) is 51.7 Å². The topological polar surface area (TPSA) is 525 Å². The standard InChI is InChI=1S/C85H135N7O36P2/c1-5-14-104-25-29-110-37-41-114-45-51-123-79-62-71(64-81(83(79)127-55-49-118-31-27-106-18-12-89-91-86)125-53-47-116-43-39-112-35-33-108-23-21-102-3)77(93)9-7-16-120-75-60-73(85(95)88-11-20-122-74-58-69(67-129(96,97)98)57-70(59-74)68-130(99,100)101)61-76(66-75)121-17-8-10-78(94)72-63-80(124-52-46-115-42-38-111-30-26-105-15-6-2)84(128-56-50-119-32-28-107-19-13-90-92-87)82(65-72)126-54-48-117-44-40-113-36-34-109-24-22-103-4/h57-66H,5-56,67-68H2,1-4H3,(H,88,95)(H2,96,97,98)(H2,99,100,101). The molecule has 0 aromatic heterocycles. The van der Waals surface area contributed by atoms with Crippen LogP contribution in [0.4, 0.5) is 0 Å². The second kappa shape index (κ2) is 76.5.